The van der Waals surface area contributed by atoms with Crippen LogP contribution < -0.4 is 5.32 Å². The monoisotopic (exact) mass is 346 g/mol. The zero-order valence-electron chi connectivity index (χ0n) is 14.5. The lowest BCUT2D eigenvalue weighted by molar-refractivity contribution is -0.137. The number of rotatable bonds is 5. The molecule has 1 N–H and O–H groups in total. The van der Waals surface area contributed by atoms with Gasteiger partial charge in [0.1, 0.15) is 0 Å². The standard InChI is InChI=1S/C18H26N4O3/c23-17(19-16-4-2-1-3-5-16)14-20-6-8-21(9-7-20)15-18(24)22-10-12-25-13-11-22/h1-5H,6-15H2,(H,19,23). The number of amides is 2. The molecule has 1 aromatic carbocycles. The lowest BCUT2D eigenvalue weighted by atomic mass is 10.3. The van der Waals surface area contributed by atoms with E-state index in [9.17, 15) is 9.59 Å². The summed E-state index contributed by atoms with van der Waals surface area (Å²) in [5.41, 5.74) is 0.822. The molecule has 3 rings (SSSR count). The van der Waals surface area contributed by atoms with Crippen molar-refractivity contribution in [2.24, 2.45) is 0 Å². The first-order valence-electron chi connectivity index (χ1n) is 8.86. The quantitative estimate of drug-likeness (QED) is 0.819. The van der Waals surface area contributed by atoms with E-state index in [0.717, 1.165) is 31.9 Å². The zero-order valence-corrected chi connectivity index (χ0v) is 14.5. The van der Waals surface area contributed by atoms with E-state index in [1.165, 1.54) is 0 Å². The molecule has 0 radical (unpaired) electrons. The van der Waals surface area contributed by atoms with Gasteiger partial charge in [0.2, 0.25) is 11.8 Å². The third kappa shape index (κ3) is 5.52. The Morgan fingerprint density at radius 3 is 2.12 bits per heavy atom. The Labute approximate surface area is 148 Å². The number of ether oxygens (including phenoxy) is 1. The van der Waals surface area contributed by atoms with E-state index >= 15 is 0 Å². The van der Waals surface area contributed by atoms with Crippen molar-refractivity contribution in [2.45, 2.75) is 0 Å². The highest BCUT2D eigenvalue weighted by atomic mass is 16.5. The third-order valence-corrected chi connectivity index (χ3v) is 4.61. The minimum atomic E-state index is 0.00374. The Hall–Kier alpha value is -1.96. The summed E-state index contributed by atoms with van der Waals surface area (Å²) < 4.78 is 5.28. The van der Waals surface area contributed by atoms with Gasteiger partial charge >= 0.3 is 0 Å². The maximum absolute atomic E-state index is 12.3. The molecule has 2 aliphatic heterocycles. The SMILES string of the molecule is O=C(CN1CCN(CC(=O)N2CCOCC2)CC1)Nc1ccccc1. The molecule has 0 saturated carbocycles. The number of para-hydroxylation sites is 1. The van der Waals surface area contributed by atoms with Crippen LogP contribution in [0.1, 0.15) is 0 Å². The van der Waals surface area contributed by atoms with Gasteiger partial charge in [0, 0.05) is 45.0 Å². The molecular weight excluding hydrogens is 320 g/mol. The first-order valence-corrected chi connectivity index (χ1v) is 8.86. The Kier molecular flexibility index (Phi) is 6.38. The van der Waals surface area contributed by atoms with Crippen molar-refractivity contribution in [1.29, 1.82) is 0 Å². The largest absolute Gasteiger partial charge is 0.378 e. The molecule has 2 fully saturated rings. The van der Waals surface area contributed by atoms with Gasteiger partial charge in [0.15, 0.2) is 0 Å². The Bertz CT molecular complexity index is 567. The molecular formula is C18H26N4O3. The smallest absolute Gasteiger partial charge is 0.238 e. The second kappa shape index (κ2) is 8.94. The van der Waals surface area contributed by atoms with Crippen molar-refractivity contribution in [3.05, 3.63) is 30.3 Å². The first kappa shape index (κ1) is 17.8. The van der Waals surface area contributed by atoms with E-state index in [4.69, 9.17) is 4.74 Å². The molecule has 25 heavy (non-hydrogen) atoms. The topological polar surface area (TPSA) is 65.1 Å². The van der Waals surface area contributed by atoms with Gasteiger partial charge in [-0.1, -0.05) is 18.2 Å². The van der Waals surface area contributed by atoms with Crippen molar-refractivity contribution < 1.29 is 14.3 Å². The highest BCUT2D eigenvalue weighted by molar-refractivity contribution is 5.92. The second-order valence-electron chi connectivity index (χ2n) is 6.46. The average molecular weight is 346 g/mol. The molecule has 0 bridgehead atoms. The molecule has 0 aromatic heterocycles. The predicted octanol–water partition coefficient (Wildman–Crippen LogP) is 0.102. The summed E-state index contributed by atoms with van der Waals surface area (Å²) in [6, 6.07) is 9.49. The minimum absolute atomic E-state index is 0.00374. The van der Waals surface area contributed by atoms with Gasteiger partial charge < -0.3 is 15.0 Å². The van der Waals surface area contributed by atoms with Crippen LogP contribution in [0.2, 0.25) is 0 Å². The molecule has 2 saturated heterocycles. The van der Waals surface area contributed by atoms with Crippen LogP contribution in [0.3, 0.4) is 0 Å². The molecule has 2 aliphatic rings. The van der Waals surface area contributed by atoms with Gasteiger partial charge in [-0.25, -0.2) is 0 Å². The van der Waals surface area contributed by atoms with E-state index in [0.29, 0.717) is 39.4 Å². The molecule has 0 unspecified atom stereocenters. The van der Waals surface area contributed by atoms with Crippen LogP contribution in [0, 0.1) is 0 Å². The van der Waals surface area contributed by atoms with Crippen LogP contribution in [0.5, 0.6) is 0 Å². The predicted molar refractivity (Wildman–Crippen MR) is 95.4 cm³/mol. The number of hydrogen-bond donors (Lipinski definition) is 1. The Balaban J connectivity index is 1.36. The van der Waals surface area contributed by atoms with Gasteiger partial charge in [-0.15, -0.1) is 0 Å². The van der Waals surface area contributed by atoms with E-state index in [1.54, 1.807) is 0 Å². The number of nitrogens with zero attached hydrogens (tertiary/aromatic N) is 3. The van der Waals surface area contributed by atoms with Gasteiger partial charge in [-0.3, -0.25) is 19.4 Å². The highest BCUT2D eigenvalue weighted by Gasteiger charge is 2.23. The van der Waals surface area contributed by atoms with E-state index in [2.05, 4.69) is 15.1 Å². The van der Waals surface area contributed by atoms with Crippen LogP contribution in [-0.2, 0) is 14.3 Å². The lowest BCUT2D eigenvalue weighted by Crippen LogP contribution is -2.52. The summed E-state index contributed by atoms with van der Waals surface area (Å²) in [5, 5.41) is 2.91. The van der Waals surface area contributed by atoms with E-state index in [1.807, 2.05) is 35.2 Å². The highest BCUT2D eigenvalue weighted by Crippen LogP contribution is 2.07. The van der Waals surface area contributed by atoms with Crippen molar-refractivity contribution in [2.75, 3.05) is 70.9 Å². The summed E-state index contributed by atoms with van der Waals surface area (Å²) in [4.78, 5) is 30.6. The van der Waals surface area contributed by atoms with Gasteiger partial charge in [0.25, 0.3) is 0 Å². The van der Waals surface area contributed by atoms with E-state index < -0.39 is 0 Å². The lowest BCUT2D eigenvalue weighted by Gasteiger charge is -2.35. The second-order valence-corrected chi connectivity index (χ2v) is 6.46. The number of piperazine rings is 1. The van der Waals surface area contributed by atoms with Crippen molar-refractivity contribution in [3.63, 3.8) is 0 Å². The van der Waals surface area contributed by atoms with Crippen molar-refractivity contribution >= 4 is 17.5 Å². The van der Waals surface area contributed by atoms with Crippen LogP contribution in [0.4, 0.5) is 5.69 Å². The number of carbonyl (C=O) groups is 2. The van der Waals surface area contributed by atoms with Crippen LogP contribution in [0.25, 0.3) is 0 Å². The normalized spacial score (nSPS) is 19.6. The molecule has 0 aliphatic carbocycles. The minimum Gasteiger partial charge on any atom is -0.378 e. The third-order valence-electron chi connectivity index (χ3n) is 4.61. The van der Waals surface area contributed by atoms with Crippen LogP contribution in [-0.4, -0.2) is 92.1 Å². The molecule has 0 spiro atoms. The molecule has 2 amide bonds. The average Bonchev–Trinajstić information content (AvgIpc) is 2.65. The summed E-state index contributed by atoms with van der Waals surface area (Å²) in [7, 11) is 0. The summed E-state index contributed by atoms with van der Waals surface area (Å²) in [6.45, 7) is 6.74. The Morgan fingerprint density at radius 2 is 1.48 bits per heavy atom. The first-order chi connectivity index (χ1) is 12.2. The fourth-order valence-electron chi connectivity index (χ4n) is 3.13. The number of anilines is 1. The molecule has 7 heteroatoms. The molecule has 7 nitrogen and oxygen atoms in total. The molecule has 0 atom stereocenters. The van der Waals surface area contributed by atoms with Crippen molar-refractivity contribution in [3.8, 4) is 0 Å². The maximum Gasteiger partial charge on any atom is 0.238 e. The Morgan fingerprint density at radius 1 is 0.880 bits per heavy atom. The number of hydrogen-bond acceptors (Lipinski definition) is 5. The van der Waals surface area contributed by atoms with Gasteiger partial charge in [-0.2, -0.15) is 0 Å². The number of nitrogens with one attached hydrogen (secondary N) is 1. The molecule has 136 valence electrons. The zero-order chi connectivity index (χ0) is 17.5. The van der Waals surface area contributed by atoms with Gasteiger partial charge in [-0.05, 0) is 12.1 Å². The maximum atomic E-state index is 12.3. The van der Waals surface area contributed by atoms with Gasteiger partial charge in [0.05, 0.1) is 26.3 Å². The van der Waals surface area contributed by atoms with E-state index in [-0.39, 0.29) is 11.8 Å². The summed E-state index contributed by atoms with van der Waals surface area (Å²) in [5.74, 6) is 0.183. The number of morpholine rings is 1. The van der Waals surface area contributed by atoms with Crippen LogP contribution in [0.15, 0.2) is 30.3 Å². The number of benzene rings is 1. The number of carbonyl (C=O) groups excluding carboxylic acids is 2. The molecule has 2 heterocycles. The summed E-state index contributed by atoms with van der Waals surface area (Å²) in [6.07, 6.45) is 0. The summed E-state index contributed by atoms with van der Waals surface area (Å²) >= 11 is 0. The fraction of sp³-hybridized carbons (Fsp3) is 0.556. The molecule has 1 aromatic rings. The van der Waals surface area contributed by atoms with Crippen molar-refractivity contribution in [1.82, 2.24) is 14.7 Å². The fourth-order valence-corrected chi connectivity index (χ4v) is 3.13. The van der Waals surface area contributed by atoms with Crippen LogP contribution >= 0.6 is 0 Å².